The molecule has 0 unspecified atom stereocenters. The minimum absolute atomic E-state index is 0.129. The summed E-state index contributed by atoms with van der Waals surface area (Å²) in [5.74, 6) is -0.568. The second-order valence-corrected chi connectivity index (χ2v) is 4.80. The standard InChI is InChI=1S/C17H17FN2O4/c1-23-15-6-4-12(9-14(15)18)5-7-16(21)20-11-17(22)19-10-13-3-2-8-24-13/h2-9H,10-11H2,1H3,(H,19,22)(H,20,21)/b7-5+. The predicted octanol–water partition coefficient (Wildman–Crippen LogP) is 1.87. The van der Waals surface area contributed by atoms with Gasteiger partial charge < -0.3 is 19.8 Å². The van der Waals surface area contributed by atoms with Crippen LogP contribution in [0.2, 0.25) is 0 Å². The molecule has 6 nitrogen and oxygen atoms in total. The number of rotatable bonds is 7. The number of carbonyl (C=O) groups is 2. The number of carbonyl (C=O) groups excluding carboxylic acids is 2. The highest BCUT2D eigenvalue weighted by molar-refractivity contribution is 5.94. The number of methoxy groups -OCH3 is 1. The van der Waals surface area contributed by atoms with Crippen molar-refractivity contribution in [2.75, 3.05) is 13.7 Å². The summed E-state index contributed by atoms with van der Waals surface area (Å²) in [6.45, 7) is 0.0868. The Morgan fingerprint density at radius 2 is 2.12 bits per heavy atom. The van der Waals surface area contributed by atoms with Crippen molar-refractivity contribution in [1.29, 1.82) is 0 Å². The molecular weight excluding hydrogens is 315 g/mol. The number of amides is 2. The summed E-state index contributed by atoms with van der Waals surface area (Å²) >= 11 is 0. The van der Waals surface area contributed by atoms with E-state index in [1.54, 1.807) is 18.2 Å². The van der Waals surface area contributed by atoms with Crippen LogP contribution in [-0.4, -0.2) is 25.5 Å². The van der Waals surface area contributed by atoms with Crippen molar-refractivity contribution in [3.63, 3.8) is 0 Å². The third-order valence-corrected chi connectivity index (χ3v) is 3.07. The van der Waals surface area contributed by atoms with Gasteiger partial charge in [0.1, 0.15) is 5.76 Å². The fourth-order valence-corrected chi connectivity index (χ4v) is 1.85. The van der Waals surface area contributed by atoms with E-state index in [1.807, 2.05) is 0 Å². The Kier molecular flexibility index (Phi) is 6.13. The third-order valence-electron chi connectivity index (χ3n) is 3.07. The quantitative estimate of drug-likeness (QED) is 0.759. The normalized spacial score (nSPS) is 10.6. The SMILES string of the molecule is COc1ccc(/C=C/C(=O)NCC(=O)NCc2ccco2)cc1F. The molecule has 7 heteroatoms. The molecule has 2 aromatic rings. The Morgan fingerprint density at radius 3 is 2.79 bits per heavy atom. The van der Waals surface area contributed by atoms with E-state index in [9.17, 15) is 14.0 Å². The largest absolute Gasteiger partial charge is 0.494 e. The van der Waals surface area contributed by atoms with Gasteiger partial charge in [-0.3, -0.25) is 9.59 Å². The van der Waals surface area contributed by atoms with Gasteiger partial charge in [0.05, 0.1) is 26.5 Å². The van der Waals surface area contributed by atoms with Gasteiger partial charge in [0.25, 0.3) is 0 Å². The highest BCUT2D eigenvalue weighted by atomic mass is 19.1. The number of halogens is 1. The van der Waals surface area contributed by atoms with Crippen molar-refractivity contribution in [2.24, 2.45) is 0 Å². The van der Waals surface area contributed by atoms with Gasteiger partial charge in [-0.25, -0.2) is 4.39 Å². The predicted molar refractivity (Wildman–Crippen MR) is 85.6 cm³/mol. The maximum absolute atomic E-state index is 13.5. The molecule has 0 saturated carbocycles. The topological polar surface area (TPSA) is 80.6 Å². The van der Waals surface area contributed by atoms with Crippen LogP contribution in [0.3, 0.4) is 0 Å². The van der Waals surface area contributed by atoms with E-state index < -0.39 is 11.7 Å². The van der Waals surface area contributed by atoms with Crippen LogP contribution in [0, 0.1) is 5.82 Å². The van der Waals surface area contributed by atoms with E-state index >= 15 is 0 Å². The molecule has 0 spiro atoms. The lowest BCUT2D eigenvalue weighted by atomic mass is 10.2. The summed E-state index contributed by atoms with van der Waals surface area (Å²) in [6, 6.07) is 7.78. The first-order chi connectivity index (χ1) is 11.6. The Labute approximate surface area is 138 Å². The van der Waals surface area contributed by atoms with Crippen molar-refractivity contribution in [3.8, 4) is 5.75 Å². The second kappa shape index (κ2) is 8.52. The van der Waals surface area contributed by atoms with Crippen LogP contribution < -0.4 is 15.4 Å². The second-order valence-electron chi connectivity index (χ2n) is 4.80. The van der Waals surface area contributed by atoms with Crippen LogP contribution in [0.25, 0.3) is 6.08 Å². The number of furan rings is 1. The summed E-state index contributed by atoms with van der Waals surface area (Å²) in [4.78, 5) is 23.2. The first-order valence-corrected chi connectivity index (χ1v) is 7.17. The Hall–Kier alpha value is -3.09. The van der Waals surface area contributed by atoms with E-state index in [-0.39, 0.29) is 24.7 Å². The van der Waals surface area contributed by atoms with Crippen LogP contribution in [0.1, 0.15) is 11.3 Å². The van der Waals surface area contributed by atoms with Crippen LogP contribution in [0.4, 0.5) is 4.39 Å². The van der Waals surface area contributed by atoms with E-state index in [0.29, 0.717) is 11.3 Å². The maximum atomic E-state index is 13.5. The number of nitrogens with one attached hydrogen (secondary N) is 2. The van der Waals surface area contributed by atoms with Gasteiger partial charge in [0.15, 0.2) is 11.6 Å². The van der Waals surface area contributed by atoms with Crippen LogP contribution in [0.15, 0.2) is 47.1 Å². The van der Waals surface area contributed by atoms with Gasteiger partial charge in [-0.05, 0) is 35.9 Å². The van der Waals surface area contributed by atoms with E-state index in [1.165, 1.54) is 37.7 Å². The lowest BCUT2D eigenvalue weighted by Crippen LogP contribution is -2.35. The van der Waals surface area contributed by atoms with Crippen molar-refractivity contribution in [1.82, 2.24) is 10.6 Å². The Balaban J connectivity index is 1.76. The third kappa shape index (κ3) is 5.28. The molecule has 0 fully saturated rings. The average molecular weight is 332 g/mol. The van der Waals surface area contributed by atoms with E-state index in [0.717, 1.165) is 0 Å². The Morgan fingerprint density at radius 1 is 1.29 bits per heavy atom. The molecular formula is C17H17FN2O4. The van der Waals surface area contributed by atoms with Crippen molar-refractivity contribution >= 4 is 17.9 Å². The number of benzene rings is 1. The highest BCUT2D eigenvalue weighted by Gasteiger charge is 2.05. The zero-order chi connectivity index (χ0) is 17.4. The van der Waals surface area contributed by atoms with Crippen molar-refractivity contribution < 1.29 is 23.1 Å². The maximum Gasteiger partial charge on any atom is 0.244 e. The van der Waals surface area contributed by atoms with Gasteiger partial charge in [-0.1, -0.05) is 6.07 Å². The number of ether oxygens (including phenoxy) is 1. The van der Waals surface area contributed by atoms with Gasteiger partial charge in [0, 0.05) is 6.08 Å². The zero-order valence-corrected chi connectivity index (χ0v) is 13.0. The summed E-state index contributed by atoms with van der Waals surface area (Å²) in [7, 11) is 1.37. The van der Waals surface area contributed by atoms with Gasteiger partial charge in [-0.2, -0.15) is 0 Å². The van der Waals surface area contributed by atoms with Crippen LogP contribution in [0.5, 0.6) is 5.75 Å². The monoisotopic (exact) mass is 332 g/mol. The molecule has 0 aliphatic heterocycles. The van der Waals surface area contributed by atoms with Gasteiger partial charge >= 0.3 is 0 Å². The number of hydrogen-bond donors (Lipinski definition) is 2. The molecule has 0 bridgehead atoms. The lowest BCUT2D eigenvalue weighted by Gasteiger charge is -2.04. The van der Waals surface area contributed by atoms with E-state index in [4.69, 9.17) is 9.15 Å². The molecule has 0 radical (unpaired) electrons. The summed E-state index contributed by atoms with van der Waals surface area (Å²) in [6.07, 6.45) is 4.18. The fourth-order valence-electron chi connectivity index (χ4n) is 1.85. The smallest absolute Gasteiger partial charge is 0.244 e. The van der Waals surface area contributed by atoms with Gasteiger partial charge in [0.2, 0.25) is 11.8 Å². The first-order valence-electron chi connectivity index (χ1n) is 7.17. The van der Waals surface area contributed by atoms with Crippen LogP contribution >= 0.6 is 0 Å². The summed E-state index contributed by atoms with van der Waals surface area (Å²) in [5, 5.41) is 5.03. The molecule has 2 rings (SSSR count). The molecule has 126 valence electrons. The summed E-state index contributed by atoms with van der Waals surface area (Å²) < 4.78 is 23.4. The molecule has 1 aromatic carbocycles. The fraction of sp³-hybridized carbons (Fsp3) is 0.176. The molecule has 0 aliphatic rings. The van der Waals surface area contributed by atoms with Crippen LogP contribution in [-0.2, 0) is 16.1 Å². The van der Waals surface area contributed by atoms with Gasteiger partial charge in [-0.15, -0.1) is 0 Å². The lowest BCUT2D eigenvalue weighted by molar-refractivity contribution is -0.124. The van der Waals surface area contributed by atoms with Crippen molar-refractivity contribution in [2.45, 2.75) is 6.54 Å². The first kappa shape index (κ1) is 17.3. The summed E-state index contributed by atoms with van der Waals surface area (Å²) in [5.41, 5.74) is 0.505. The molecule has 2 amide bonds. The Bertz CT molecular complexity index is 726. The highest BCUT2D eigenvalue weighted by Crippen LogP contribution is 2.18. The minimum atomic E-state index is -0.516. The molecule has 1 heterocycles. The molecule has 1 aromatic heterocycles. The van der Waals surface area contributed by atoms with E-state index in [2.05, 4.69) is 10.6 Å². The number of hydrogen-bond acceptors (Lipinski definition) is 4. The van der Waals surface area contributed by atoms with Crippen molar-refractivity contribution in [3.05, 3.63) is 59.8 Å². The average Bonchev–Trinajstić information content (AvgIpc) is 3.10. The molecule has 0 saturated heterocycles. The molecule has 24 heavy (non-hydrogen) atoms. The molecule has 2 N–H and O–H groups in total. The molecule has 0 aliphatic carbocycles. The molecule has 0 atom stereocenters. The minimum Gasteiger partial charge on any atom is -0.494 e. The zero-order valence-electron chi connectivity index (χ0n) is 13.0.